The van der Waals surface area contributed by atoms with Crippen LogP contribution in [0, 0.1) is 5.92 Å². The van der Waals surface area contributed by atoms with Crippen LogP contribution < -0.4 is 14.4 Å². The van der Waals surface area contributed by atoms with Crippen LogP contribution in [0.15, 0.2) is 78.9 Å². The number of β-lactam (4-membered cyclic amide) rings is 1. The number of anilines is 1. The molecule has 0 aliphatic carbocycles. The Labute approximate surface area is 178 Å². The standard InChI is InChI=1S/C26H27NO3/c1-29-22-16-14-21(15-17-22)27-25(20-11-7-12-23(18-20)30-2)24(26(27)28)13-6-10-19-8-4-3-5-9-19/h3-5,7-9,11-12,14-18,24-25H,6,10,13H2,1-2H3/t24-,25+/m0/s1. The third kappa shape index (κ3) is 4.04. The zero-order chi connectivity index (χ0) is 20.9. The number of ether oxygens (including phenoxy) is 2. The molecular weight excluding hydrogens is 374 g/mol. The Morgan fingerprint density at radius 1 is 0.833 bits per heavy atom. The highest BCUT2D eigenvalue weighted by Gasteiger charge is 2.48. The number of methoxy groups -OCH3 is 2. The van der Waals surface area contributed by atoms with Gasteiger partial charge in [-0.05, 0) is 66.8 Å². The van der Waals surface area contributed by atoms with E-state index < -0.39 is 0 Å². The molecule has 4 rings (SSSR count). The van der Waals surface area contributed by atoms with Gasteiger partial charge in [0.05, 0.1) is 26.2 Å². The number of aryl methyl sites for hydroxylation is 1. The van der Waals surface area contributed by atoms with Gasteiger partial charge in [-0.1, -0.05) is 42.5 Å². The van der Waals surface area contributed by atoms with Crippen molar-refractivity contribution in [3.63, 3.8) is 0 Å². The van der Waals surface area contributed by atoms with Crippen molar-refractivity contribution in [3.05, 3.63) is 90.0 Å². The molecule has 1 fully saturated rings. The Kier molecular flexibility index (Phi) is 6.03. The van der Waals surface area contributed by atoms with E-state index in [0.717, 1.165) is 42.0 Å². The van der Waals surface area contributed by atoms with E-state index in [-0.39, 0.29) is 17.9 Å². The van der Waals surface area contributed by atoms with Crippen LogP contribution in [0.2, 0.25) is 0 Å². The van der Waals surface area contributed by atoms with E-state index >= 15 is 0 Å². The average molecular weight is 402 g/mol. The fourth-order valence-electron chi connectivity index (χ4n) is 4.24. The van der Waals surface area contributed by atoms with Crippen molar-refractivity contribution in [2.75, 3.05) is 19.1 Å². The fraction of sp³-hybridized carbons (Fsp3) is 0.269. The minimum absolute atomic E-state index is 0.0109. The van der Waals surface area contributed by atoms with Gasteiger partial charge in [-0.2, -0.15) is 0 Å². The van der Waals surface area contributed by atoms with E-state index in [0.29, 0.717) is 0 Å². The SMILES string of the molecule is COc1ccc(N2C(=O)[C@@H](CCCc3ccccc3)[C@H]2c2cccc(OC)c2)cc1. The molecule has 1 amide bonds. The van der Waals surface area contributed by atoms with E-state index in [1.165, 1.54) is 5.56 Å². The number of benzene rings is 3. The molecule has 2 atom stereocenters. The van der Waals surface area contributed by atoms with Crippen molar-refractivity contribution in [2.45, 2.75) is 25.3 Å². The highest BCUT2D eigenvalue weighted by Crippen LogP contribution is 2.46. The smallest absolute Gasteiger partial charge is 0.233 e. The molecule has 3 aromatic carbocycles. The van der Waals surface area contributed by atoms with Gasteiger partial charge in [0, 0.05) is 5.69 Å². The van der Waals surface area contributed by atoms with Crippen LogP contribution in [0.4, 0.5) is 5.69 Å². The summed E-state index contributed by atoms with van der Waals surface area (Å²) >= 11 is 0. The van der Waals surface area contributed by atoms with Gasteiger partial charge in [-0.15, -0.1) is 0 Å². The first-order chi connectivity index (χ1) is 14.7. The molecule has 0 unspecified atom stereocenters. The zero-order valence-electron chi connectivity index (χ0n) is 17.5. The summed E-state index contributed by atoms with van der Waals surface area (Å²) in [4.78, 5) is 15.1. The van der Waals surface area contributed by atoms with Crippen LogP contribution in [-0.2, 0) is 11.2 Å². The van der Waals surface area contributed by atoms with Crippen molar-refractivity contribution >= 4 is 11.6 Å². The largest absolute Gasteiger partial charge is 0.497 e. The van der Waals surface area contributed by atoms with E-state index in [1.54, 1.807) is 14.2 Å². The van der Waals surface area contributed by atoms with Crippen LogP contribution in [0.5, 0.6) is 11.5 Å². The molecule has 4 nitrogen and oxygen atoms in total. The summed E-state index contributed by atoms with van der Waals surface area (Å²) in [5, 5.41) is 0. The number of carbonyl (C=O) groups is 1. The average Bonchev–Trinajstić information content (AvgIpc) is 2.81. The number of hydrogen-bond donors (Lipinski definition) is 0. The van der Waals surface area contributed by atoms with Gasteiger partial charge in [0.2, 0.25) is 5.91 Å². The van der Waals surface area contributed by atoms with Gasteiger partial charge in [0.25, 0.3) is 0 Å². The number of carbonyl (C=O) groups excluding carboxylic acids is 1. The predicted octanol–water partition coefficient (Wildman–Crippen LogP) is 5.43. The minimum Gasteiger partial charge on any atom is -0.497 e. The summed E-state index contributed by atoms with van der Waals surface area (Å²) in [5.41, 5.74) is 3.32. The molecule has 3 aromatic rings. The molecule has 1 heterocycles. The molecule has 30 heavy (non-hydrogen) atoms. The normalized spacial score (nSPS) is 18.1. The number of amides is 1. The third-order valence-corrected chi connectivity index (χ3v) is 5.82. The Balaban J connectivity index is 1.56. The summed E-state index contributed by atoms with van der Waals surface area (Å²) in [6.45, 7) is 0. The van der Waals surface area contributed by atoms with E-state index in [4.69, 9.17) is 9.47 Å². The second-order valence-corrected chi connectivity index (χ2v) is 7.61. The first kappa shape index (κ1) is 20.0. The summed E-state index contributed by atoms with van der Waals surface area (Å²) in [6, 6.07) is 26.2. The van der Waals surface area contributed by atoms with Gasteiger partial charge in [-0.25, -0.2) is 0 Å². The molecule has 0 radical (unpaired) electrons. The lowest BCUT2D eigenvalue weighted by atomic mass is 9.78. The van der Waals surface area contributed by atoms with Crippen LogP contribution in [0.1, 0.15) is 30.0 Å². The van der Waals surface area contributed by atoms with Crippen molar-refractivity contribution in [1.82, 2.24) is 0 Å². The van der Waals surface area contributed by atoms with Gasteiger partial charge in [-0.3, -0.25) is 4.79 Å². The maximum absolute atomic E-state index is 13.2. The summed E-state index contributed by atoms with van der Waals surface area (Å²) in [7, 11) is 3.31. The number of hydrogen-bond acceptors (Lipinski definition) is 3. The highest BCUT2D eigenvalue weighted by molar-refractivity contribution is 6.03. The summed E-state index contributed by atoms with van der Waals surface area (Å²) in [6.07, 6.45) is 2.83. The fourth-order valence-corrected chi connectivity index (χ4v) is 4.24. The van der Waals surface area contributed by atoms with Crippen molar-refractivity contribution < 1.29 is 14.3 Å². The Bertz CT molecular complexity index is 985. The maximum atomic E-state index is 13.2. The Hall–Kier alpha value is -3.27. The molecular formula is C26H27NO3. The topological polar surface area (TPSA) is 38.8 Å². The molecule has 1 aliphatic rings. The quantitative estimate of drug-likeness (QED) is 0.472. The van der Waals surface area contributed by atoms with Crippen molar-refractivity contribution in [3.8, 4) is 11.5 Å². The molecule has 1 saturated heterocycles. The Morgan fingerprint density at radius 2 is 1.57 bits per heavy atom. The minimum atomic E-state index is -0.0251. The Morgan fingerprint density at radius 3 is 2.27 bits per heavy atom. The number of nitrogens with zero attached hydrogens (tertiary/aromatic N) is 1. The summed E-state index contributed by atoms with van der Waals surface area (Å²) < 4.78 is 10.7. The van der Waals surface area contributed by atoms with E-state index in [2.05, 4.69) is 30.3 Å². The first-order valence-corrected chi connectivity index (χ1v) is 10.4. The van der Waals surface area contributed by atoms with Gasteiger partial charge >= 0.3 is 0 Å². The monoisotopic (exact) mass is 401 g/mol. The molecule has 0 aromatic heterocycles. The molecule has 4 heteroatoms. The van der Waals surface area contributed by atoms with Crippen LogP contribution in [0.25, 0.3) is 0 Å². The van der Waals surface area contributed by atoms with E-state index in [1.807, 2.05) is 53.4 Å². The lowest BCUT2D eigenvalue weighted by Gasteiger charge is -2.47. The predicted molar refractivity (Wildman–Crippen MR) is 119 cm³/mol. The van der Waals surface area contributed by atoms with Crippen LogP contribution >= 0.6 is 0 Å². The van der Waals surface area contributed by atoms with Gasteiger partial charge < -0.3 is 14.4 Å². The highest BCUT2D eigenvalue weighted by atomic mass is 16.5. The van der Waals surface area contributed by atoms with Crippen LogP contribution in [0.3, 0.4) is 0 Å². The van der Waals surface area contributed by atoms with Gasteiger partial charge in [0.15, 0.2) is 0 Å². The maximum Gasteiger partial charge on any atom is 0.233 e. The number of rotatable bonds is 8. The lowest BCUT2D eigenvalue weighted by molar-refractivity contribution is -0.130. The van der Waals surface area contributed by atoms with Crippen molar-refractivity contribution in [2.24, 2.45) is 5.92 Å². The summed E-state index contributed by atoms with van der Waals surface area (Å²) in [5.74, 6) is 1.75. The molecule has 0 bridgehead atoms. The molecule has 0 spiro atoms. The second-order valence-electron chi connectivity index (χ2n) is 7.61. The zero-order valence-corrected chi connectivity index (χ0v) is 17.5. The lowest BCUT2D eigenvalue weighted by Crippen LogP contribution is -2.55. The molecule has 1 aliphatic heterocycles. The second kappa shape index (κ2) is 9.04. The molecule has 0 N–H and O–H groups in total. The van der Waals surface area contributed by atoms with Crippen molar-refractivity contribution in [1.29, 1.82) is 0 Å². The molecule has 0 saturated carbocycles. The third-order valence-electron chi connectivity index (χ3n) is 5.82. The first-order valence-electron chi connectivity index (χ1n) is 10.4. The molecule has 154 valence electrons. The van der Waals surface area contributed by atoms with Crippen LogP contribution in [-0.4, -0.2) is 20.1 Å². The van der Waals surface area contributed by atoms with Gasteiger partial charge in [0.1, 0.15) is 11.5 Å². The van der Waals surface area contributed by atoms with E-state index in [9.17, 15) is 4.79 Å².